The van der Waals surface area contributed by atoms with Gasteiger partial charge in [-0.1, -0.05) is 6.92 Å². The fourth-order valence-electron chi connectivity index (χ4n) is 2.59. The first-order valence-corrected chi connectivity index (χ1v) is 7.73. The molecule has 1 aromatic heterocycles. The van der Waals surface area contributed by atoms with Crippen molar-refractivity contribution in [2.24, 2.45) is 0 Å². The Bertz CT molecular complexity index is 492. The Hall–Kier alpha value is -1.02. The summed E-state index contributed by atoms with van der Waals surface area (Å²) in [6.45, 7) is 2.71. The summed E-state index contributed by atoms with van der Waals surface area (Å²) < 4.78 is 10.9. The van der Waals surface area contributed by atoms with E-state index in [2.05, 4.69) is 17.2 Å². The van der Waals surface area contributed by atoms with E-state index >= 15 is 0 Å². The molecule has 6 nitrogen and oxygen atoms in total. The number of amides is 1. The molecular weight excluding hydrogens is 280 g/mol. The molecule has 2 aliphatic heterocycles. The van der Waals surface area contributed by atoms with Crippen LogP contribution < -0.4 is 5.32 Å². The van der Waals surface area contributed by atoms with Gasteiger partial charge in [0, 0.05) is 5.38 Å². The average Bonchev–Trinajstić information content (AvgIpc) is 3.10. The Morgan fingerprint density at radius 2 is 2.30 bits per heavy atom. The molecule has 4 atom stereocenters. The smallest absolute Gasteiger partial charge is 0.271 e. The Balaban J connectivity index is 1.61. The van der Waals surface area contributed by atoms with Crippen LogP contribution in [-0.2, 0) is 15.9 Å². The van der Waals surface area contributed by atoms with Gasteiger partial charge >= 0.3 is 0 Å². The highest BCUT2D eigenvalue weighted by molar-refractivity contribution is 7.09. The first-order valence-electron chi connectivity index (χ1n) is 6.85. The second-order valence-corrected chi connectivity index (χ2v) is 6.06. The van der Waals surface area contributed by atoms with Gasteiger partial charge < -0.3 is 19.9 Å². The van der Waals surface area contributed by atoms with Crippen molar-refractivity contribution >= 4 is 17.2 Å². The molecule has 0 saturated carbocycles. The van der Waals surface area contributed by atoms with E-state index in [9.17, 15) is 9.90 Å². The molecule has 2 saturated heterocycles. The third-order valence-corrected chi connectivity index (χ3v) is 4.50. The molecule has 1 amide bonds. The molecule has 0 aliphatic carbocycles. The lowest BCUT2D eigenvalue weighted by Gasteiger charge is -2.16. The van der Waals surface area contributed by atoms with E-state index in [1.54, 1.807) is 5.38 Å². The van der Waals surface area contributed by atoms with Crippen LogP contribution >= 0.6 is 11.3 Å². The number of aryl methyl sites for hydroxylation is 1. The van der Waals surface area contributed by atoms with Crippen molar-refractivity contribution < 1.29 is 19.4 Å². The second kappa shape index (κ2) is 5.77. The predicted molar refractivity (Wildman–Crippen MR) is 72.9 cm³/mol. The first-order chi connectivity index (χ1) is 9.69. The maximum atomic E-state index is 12.1. The molecule has 1 aromatic rings. The SMILES string of the molecule is CCCc1nc(C(=O)N[C@@H]2CO[C@H]3[C@@H]2OC[C@H]3O)cs1. The number of aliphatic hydroxyl groups is 1. The maximum Gasteiger partial charge on any atom is 0.271 e. The van der Waals surface area contributed by atoms with Crippen LogP contribution in [0.25, 0.3) is 0 Å². The molecule has 3 rings (SSSR count). The summed E-state index contributed by atoms with van der Waals surface area (Å²) in [5, 5.41) is 15.3. The van der Waals surface area contributed by atoms with Crippen LogP contribution in [0, 0.1) is 0 Å². The fraction of sp³-hybridized carbons (Fsp3) is 0.692. The first kappa shape index (κ1) is 13.9. The van der Waals surface area contributed by atoms with Gasteiger partial charge in [0.15, 0.2) is 0 Å². The van der Waals surface area contributed by atoms with Crippen molar-refractivity contribution in [3.8, 4) is 0 Å². The third-order valence-electron chi connectivity index (χ3n) is 3.59. The van der Waals surface area contributed by atoms with Crippen LogP contribution in [-0.4, -0.2) is 53.6 Å². The highest BCUT2D eigenvalue weighted by atomic mass is 32.1. The summed E-state index contributed by atoms with van der Waals surface area (Å²) in [6, 6.07) is -0.221. The van der Waals surface area contributed by atoms with Gasteiger partial charge in [-0.15, -0.1) is 11.3 Å². The molecule has 3 heterocycles. The molecule has 2 fully saturated rings. The Labute approximate surface area is 121 Å². The molecule has 20 heavy (non-hydrogen) atoms. The summed E-state index contributed by atoms with van der Waals surface area (Å²) in [4.78, 5) is 16.5. The van der Waals surface area contributed by atoms with Crippen molar-refractivity contribution in [1.82, 2.24) is 10.3 Å². The number of carbonyl (C=O) groups is 1. The van der Waals surface area contributed by atoms with Crippen LogP contribution in [0.4, 0.5) is 0 Å². The highest BCUT2D eigenvalue weighted by Crippen LogP contribution is 2.27. The number of hydrogen-bond donors (Lipinski definition) is 2. The minimum Gasteiger partial charge on any atom is -0.388 e. The molecule has 0 aromatic carbocycles. The van der Waals surface area contributed by atoms with E-state index < -0.39 is 6.10 Å². The highest BCUT2D eigenvalue weighted by Gasteiger charge is 2.47. The van der Waals surface area contributed by atoms with Gasteiger partial charge in [0.25, 0.3) is 5.91 Å². The van der Waals surface area contributed by atoms with Crippen LogP contribution in [0.5, 0.6) is 0 Å². The number of rotatable bonds is 4. The van der Waals surface area contributed by atoms with Gasteiger partial charge in [-0.05, 0) is 12.8 Å². The standard InChI is InChI=1S/C13H18N2O4S/c1-2-3-10-14-8(6-20-10)13(17)15-7-4-18-12-9(16)5-19-11(7)12/h6-7,9,11-12,16H,2-5H2,1H3,(H,15,17)/t7-,9-,11-,12-/m1/s1. The summed E-state index contributed by atoms with van der Waals surface area (Å²) >= 11 is 1.51. The second-order valence-electron chi connectivity index (χ2n) is 5.12. The van der Waals surface area contributed by atoms with Gasteiger partial charge in [0.05, 0.1) is 24.3 Å². The molecule has 2 N–H and O–H groups in total. The molecule has 7 heteroatoms. The van der Waals surface area contributed by atoms with Gasteiger partial charge in [0.1, 0.15) is 24.0 Å². The van der Waals surface area contributed by atoms with Crippen molar-refractivity contribution in [3.63, 3.8) is 0 Å². The molecule has 0 bridgehead atoms. The topological polar surface area (TPSA) is 80.7 Å². The molecule has 110 valence electrons. The Morgan fingerprint density at radius 3 is 3.10 bits per heavy atom. The van der Waals surface area contributed by atoms with E-state index in [0.29, 0.717) is 12.3 Å². The zero-order valence-corrected chi connectivity index (χ0v) is 12.1. The van der Waals surface area contributed by atoms with Crippen LogP contribution in [0.3, 0.4) is 0 Å². The predicted octanol–water partition coefficient (Wildman–Crippen LogP) is 0.353. The van der Waals surface area contributed by atoms with E-state index in [4.69, 9.17) is 9.47 Å². The van der Waals surface area contributed by atoms with Gasteiger partial charge in [-0.25, -0.2) is 4.98 Å². The molecule has 2 aliphatic rings. The van der Waals surface area contributed by atoms with E-state index in [0.717, 1.165) is 17.8 Å². The lowest BCUT2D eigenvalue weighted by molar-refractivity contribution is 0.0178. The zero-order chi connectivity index (χ0) is 14.1. The van der Waals surface area contributed by atoms with Gasteiger partial charge in [-0.2, -0.15) is 0 Å². The lowest BCUT2D eigenvalue weighted by Crippen LogP contribution is -2.44. The van der Waals surface area contributed by atoms with E-state index in [-0.39, 0.29) is 30.8 Å². The third kappa shape index (κ3) is 2.58. The molecule has 0 spiro atoms. The van der Waals surface area contributed by atoms with Crippen molar-refractivity contribution in [1.29, 1.82) is 0 Å². The number of aliphatic hydroxyl groups excluding tert-OH is 1. The summed E-state index contributed by atoms with van der Waals surface area (Å²) in [6.07, 6.45) is 0.719. The van der Waals surface area contributed by atoms with Crippen LogP contribution in [0.1, 0.15) is 28.8 Å². The van der Waals surface area contributed by atoms with Crippen molar-refractivity contribution in [3.05, 3.63) is 16.1 Å². The number of thiazole rings is 1. The Morgan fingerprint density at radius 1 is 1.50 bits per heavy atom. The minimum atomic E-state index is -0.600. The summed E-state index contributed by atoms with van der Waals surface area (Å²) in [5.74, 6) is -0.206. The normalized spacial score (nSPS) is 32.3. The number of fused-ring (bicyclic) bond motifs is 1. The van der Waals surface area contributed by atoms with Gasteiger partial charge in [0.2, 0.25) is 0 Å². The van der Waals surface area contributed by atoms with Gasteiger partial charge in [-0.3, -0.25) is 4.79 Å². The van der Waals surface area contributed by atoms with E-state index in [1.807, 2.05) is 0 Å². The zero-order valence-electron chi connectivity index (χ0n) is 11.2. The van der Waals surface area contributed by atoms with E-state index in [1.165, 1.54) is 11.3 Å². The number of nitrogens with zero attached hydrogens (tertiary/aromatic N) is 1. The monoisotopic (exact) mass is 298 g/mol. The number of ether oxygens (including phenoxy) is 2. The summed E-state index contributed by atoms with van der Waals surface area (Å²) in [5.41, 5.74) is 0.445. The number of hydrogen-bond acceptors (Lipinski definition) is 6. The van der Waals surface area contributed by atoms with Crippen molar-refractivity contribution in [2.45, 2.75) is 44.1 Å². The fourth-order valence-corrected chi connectivity index (χ4v) is 3.47. The van der Waals surface area contributed by atoms with Crippen LogP contribution in [0.15, 0.2) is 5.38 Å². The van der Waals surface area contributed by atoms with Crippen LogP contribution in [0.2, 0.25) is 0 Å². The largest absolute Gasteiger partial charge is 0.388 e. The molecular formula is C13H18N2O4S. The maximum absolute atomic E-state index is 12.1. The molecule has 0 radical (unpaired) electrons. The number of nitrogens with one attached hydrogen (secondary N) is 1. The number of aromatic nitrogens is 1. The summed E-state index contributed by atoms with van der Waals surface area (Å²) in [7, 11) is 0. The lowest BCUT2D eigenvalue weighted by atomic mass is 10.1. The average molecular weight is 298 g/mol. The number of carbonyl (C=O) groups excluding carboxylic acids is 1. The quantitative estimate of drug-likeness (QED) is 0.838. The Kier molecular flexibility index (Phi) is 4.02. The minimum absolute atomic E-state index is 0.206. The van der Waals surface area contributed by atoms with Crippen molar-refractivity contribution in [2.75, 3.05) is 13.2 Å². The molecule has 0 unspecified atom stereocenters.